The smallest absolute Gasteiger partial charge is 0.142 e. The molecular weight excluding hydrogens is 464 g/mol. The Kier molecular flexibility index (Phi) is 5.42. The van der Waals surface area contributed by atoms with Crippen LogP contribution < -0.4 is 4.74 Å². The van der Waals surface area contributed by atoms with Gasteiger partial charge in [0, 0.05) is 0 Å². The monoisotopic (exact) mass is 478 g/mol. The lowest BCUT2D eigenvalue weighted by Crippen LogP contribution is -1.90. The van der Waals surface area contributed by atoms with Crippen molar-refractivity contribution in [3.63, 3.8) is 0 Å². The molecule has 0 aliphatic heterocycles. The number of rotatable bonds is 4. The van der Waals surface area contributed by atoms with Crippen LogP contribution in [0.25, 0.3) is 22.3 Å². The van der Waals surface area contributed by atoms with Gasteiger partial charge in [-0.3, -0.25) is 0 Å². The van der Waals surface area contributed by atoms with Crippen LogP contribution >= 0.6 is 31.9 Å². The average molecular weight is 480 g/mol. The van der Waals surface area contributed by atoms with E-state index in [0.29, 0.717) is 0 Å². The van der Waals surface area contributed by atoms with Gasteiger partial charge in [0.2, 0.25) is 0 Å². The van der Waals surface area contributed by atoms with E-state index in [1.807, 2.05) is 60.7 Å². The Morgan fingerprint density at radius 1 is 0.444 bits per heavy atom. The standard InChI is InChI=1S/C24H16Br2O/c25-23-19(17-9-3-1-4-10-17)13-7-15-21(23)27-22-16-8-14-20(24(22)26)18-11-5-2-6-12-18/h1-16H. The second-order valence-electron chi connectivity index (χ2n) is 6.07. The first-order valence-corrected chi connectivity index (χ1v) is 10.2. The fourth-order valence-electron chi connectivity index (χ4n) is 2.98. The van der Waals surface area contributed by atoms with Gasteiger partial charge in [0.25, 0.3) is 0 Å². The van der Waals surface area contributed by atoms with Crippen molar-refractivity contribution >= 4 is 31.9 Å². The fourth-order valence-corrected chi connectivity index (χ4v) is 4.13. The van der Waals surface area contributed by atoms with E-state index >= 15 is 0 Å². The number of halogens is 2. The molecule has 0 saturated carbocycles. The highest BCUT2D eigenvalue weighted by molar-refractivity contribution is 9.11. The molecule has 0 aliphatic carbocycles. The molecule has 0 bridgehead atoms. The van der Waals surface area contributed by atoms with Crippen LogP contribution in [0.1, 0.15) is 0 Å². The highest BCUT2D eigenvalue weighted by Crippen LogP contribution is 2.41. The maximum Gasteiger partial charge on any atom is 0.142 e. The zero-order valence-electron chi connectivity index (χ0n) is 14.4. The summed E-state index contributed by atoms with van der Waals surface area (Å²) in [5.74, 6) is 1.56. The summed E-state index contributed by atoms with van der Waals surface area (Å²) in [6.45, 7) is 0. The molecule has 0 N–H and O–H groups in total. The van der Waals surface area contributed by atoms with Gasteiger partial charge in [-0.15, -0.1) is 0 Å². The molecule has 132 valence electrons. The Morgan fingerprint density at radius 3 is 1.26 bits per heavy atom. The van der Waals surface area contributed by atoms with Crippen molar-refractivity contribution in [3.8, 4) is 33.8 Å². The molecular formula is C24H16Br2O. The van der Waals surface area contributed by atoms with Gasteiger partial charge < -0.3 is 4.74 Å². The molecule has 4 aromatic rings. The van der Waals surface area contributed by atoms with Gasteiger partial charge in [0.15, 0.2) is 0 Å². The third-order valence-electron chi connectivity index (χ3n) is 4.32. The van der Waals surface area contributed by atoms with Crippen LogP contribution in [0.3, 0.4) is 0 Å². The molecule has 27 heavy (non-hydrogen) atoms. The molecule has 0 amide bonds. The molecule has 0 atom stereocenters. The van der Waals surface area contributed by atoms with Crippen LogP contribution in [0, 0.1) is 0 Å². The normalized spacial score (nSPS) is 10.6. The van der Waals surface area contributed by atoms with Crippen LogP contribution in [-0.4, -0.2) is 0 Å². The van der Waals surface area contributed by atoms with E-state index < -0.39 is 0 Å². The second kappa shape index (κ2) is 8.12. The Hall–Kier alpha value is -2.36. The first-order valence-electron chi connectivity index (χ1n) is 8.60. The largest absolute Gasteiger partial charge is 0.455 e. The minimum Gasteiger partial charge on any atom is -0.455 e. The Labute approximate surface area is 175 Å². The third kappa shape index (κ3) is 3.85. The van der Waals surface area contributed by atoms with Crippen LogP contribution in [-0.2, 0) is 0 Å². The van der Waals surface area contributed by atoms with Crippen molar-refractivity contribution in [2.24, 2.45) is 0 Å². The molecule has 1 nitrogen and oxygen atoms in total. The van der Waals surface area contributed by atoms with Gasteiger partial charge >= 0.3 is 0 Å². The molecule has 0 aromatic heterocycles. The van der Waals surface area contributed by atoms with E-state index in [9.17, 15) is 0 Å². The molecule has 0 heterocycles. The molecule has 4 aromatic carbocycles. The topological polar surface area (TPSA) is 9.23 Å². The minimum atomic E-state index is 0.780. The molecule has 0 unspecified atom stereocenters. The van der Waals surface area contributed by atoms with E-state index in [2.05, 4.69) is 68.3 Å². The zero-order chi connectivity index (χ0) is 18.6. The van der Waals surface area contributed by atoms with Crippen molar-refractivity contribution in [1.29, 1.82) is 0 Å². The highest BCUT2D eigenvalue weighted by atomic mass is 79.9. The zero-order valence-corrected chi connectivity index (χ0v) is 17.6. The average Bonchev–Trinajstić information content (AvgIpc) is 2.72. The van der Waals surface area contributed by atoms with Crippen molar-refractivity contribution < 1.29 is 4.74 Å². The van der Waals surface area contributed by atoms with E-state index in [1.165, 1.54) is 0 Å². The Balaban J connectivity index is 1.72. The van der Waals surface area contributed by atoms with Crippen molar-refractivity contribution in [1.82, 2.24) is 0 Å². The maximum absolute atomic E-state index is 6.27. The van der Waals surface area contributed by atoms with Crippen LogP contribution in [0.2, 0.25) is 0 Å². The van der Waals surface area contributed by atoms with Gasteiger partial charge in [0.05, 0.1) is 8.95 Å². The Bertz CT molecular complexity index is 973. The summed E-state index contributed by atoms with van der Waals surface area (Å²) in [7, 11) is 0. The number of ether oxygens (including phenoxy) is 1. The first-order chi connectivity index (χ1) is 13.2. The first kappa shape index (κ1) is 18.0. The Morgan fingerprint density at radius 2 is 0.852 bits per heavy atom. The molecule has 3 heteroatoms. The van der Waals surface area contributed by atoms with Gasteiger partial charge in [-0.1, -0.05) is 84.9 Å². The number of benzene rings is 4. The van der Waals surface area contributed by atoms with E-state index in [-0.39, 0.29) is 0 Å². The lowest BCUT2D eigenvalue weighted by molar-refractivity contribution is 0.477. The summed E-state index contributed by atoms with van der Waals surface area (Å²) in [5, 5.41) is 0. The summed E-state index contributed by atoms with van der Waals surface area (Å²) < 4.78 is 8.15. The van der Waals surface area contributed by atoms with Crippen LogP contribution in [0.5, 0.6) is 11.5 Å². The van der Waals surface area contributed by atoms with E-state index in [1.54, 1.807) is 0 Å². The lowest BCUT2D eigenvalue weighted by Gasteiger charge is -2.14. The predicted molar refractivity (Wildman–Crippen MR) is 119 cm³/mol. The van der Waals surface area contributed by atoms with Gasteiger partial charge in [-0.05, 0) is 66.2 Å². The summed E-state index contributed by atoms with van der Waals surface area (Å²) in [6, 6.07) is 32.7. The predicted octanol–water partition coefficient (Wildman–Crippen LogP) is 8.34. The fraction of sp³-hybridized carbons (Fsp3) is 0. The SMILES string of the molecule is Brc1c(Oc2cccc(-c3ccccc3)c2Br)cccc1-c1ccccc1. The summed E-state index contributed by atoms with van der Waals surface area (Å²) in [4.78, 5) is 0. The maximum atomic E-state index is 6.27. The summed E-state index contributed by atoms with van der Waals surface area (Å²) in [6.07, 6.45) is 0. The molecule has 4 rings (SSSR count). The molecule has 0 aliphatic rings. The van der Waals surface area contributed by atoms with Gasteiger partial charge in [-0.25, -0.2) is 0 Å². The van der Waals surface area contributed by atoms with Crippen molar-refractivity contribution in [3.05, 3.63) is 106 Å². The van der Waals surface area contributed by atoms with Crippen molar-refractivity contribution in [2.45, 2.75) is 0 Å². The number of hydrogen-bond donors (Lipinski definition) is 0. The van der Waals surface area contributed by atoms with Crippen molar-refractivity contribution in [2.75, 3.05) is 0 Å². The van der Waals surface area contributed by atoms with Gasteiger partial charge in [0.1, 0.15) is 11.5 Å². The van der Waals surface area contributed by atoms with E-state index in [0.717, 1.165) is 42.7 Å². The minimum absolute atomic E-state index is 0.780. The molecule has 0 saturated heterocycles. The third-order valence-corrected chi connectivity index (χ3v) is 5.95. The molecule has 0 spiro atoms. The molecule has 0 fully saturated rings. The second-order valence-corrected chi connectivity index (χ2v) is 7.66. The molecule has 0 radical (unpaired) electrons. The van der Waals surface area contributed by atoms with Crippen LogP contribution in [0.4, 0.5) is 0 Å². The lowest BCUT2D eigenvalue weighted by atomic mass is 10.1. The van der Waals surface area contributed by atoms with Crippen LogP contribution in [0.15, 0.2) is 106 Å². The number of hydrogen-bond acceptors (Lipinski definition) is 1. The summed E-state index contributed by atoms with van der Waals surface area (Å²) >= 11 is 7.45. The summed E-state index contributed by atoms with van der Waals surface area (Å²) in [5.41, 5.74) is 4.49. The highest BCUT2D eigenvalue weighted by Gasteiger charge is 2.13. The quantitative estimate of drug-likeness (QED) is 0.285. The van der Waals surface area contributed by atoms with E-state index in [4.69, 9.17) is 4.74 Å². The van der Waals surface area contributed by atoms with Gasteiger partial charge in [-0.2, -0.15) is 0 Å².